The maximum absolute atomic E-state index is 10.5. The van der Waals surface area contributed by atoms with Gasteiger partial charge in [-0.3, -0.25) is 0 Å². The van der Waals surface area contributed by atoms with Gasteiger partial charge in [-0.2, -0.15) is 0 Å². The van der Waals surface area contributed by atoms with Crippen LogP contribution >= 0.6 is 0 Å². The minimum Gasteiger partial charge on any atom is -0.478 e. The molecule has 2 bridgehead atoms. The Morgan fingerprint density at radius 3 is 2.04 bits per heavy atom. The summed E-state index contributed by atoms with van der Waals surface area (Å²) in [7, 11) is 0. The van der Waals surface area contributed by atoms with Crippen molar-refractivity contribution in [2.75, 3.05) is 0 Å². The number of carbonyl (C=O) groups is 1. The minimum atomic E-state index is -0.859. The number of carboxylic acids is 1. The fraction of sp³-hybridized carbons (Fsp3) is 0.667. The largest absolute Gasteiger partial charge is 0.478 e. The van der Waals surface area contributed by atoms with Crippen molar-refractivity contribution in [3.8, 4) is 0 Å². The van der Waals surface area contributed by atoms with Gasteiger partial charge in [-0.15, -0.1) is 0 Å². The van der Waals surface area contributed by atoms with Crippen molar-refractivity contribution in [1.82, 2.24) is 0 Å². The molecule has 1 N–H and O–H groups in total. The fourth-order valence-electron chi connectivity index (χ4n) is 5.79. The average molecular weight is 314 g/mol. The molecular weight excluding hydrogens is 284 g/mol. The van der Waals surface area contributed by atoms with Gasteiger partial charge in [0.1, 0.15) is 0 Å². The second-order valence-electron chi connectivity index (χ2n) is 8.16. The van der Waals surface area contributed by atoms with Crippen molar-refractivity contribution in [1.29, 1.82) is 0 Å². The van der Waals surface area contributed by atoms with Gasteiger partial charge < -0.3 is 5.11 Å². The van der Waals surface area contributed by atoms with Crippen LogP contribution in [0.4, 0.5) is 0 Å². The summed E-state index contributed by atoms with van der Waals surface area (Å²) in [5.74, 6) is 5.85. The Morgan fingerprint density at radius 2 is 1.57 bits per heavy atom. The smallest absolute Gasteiger partial charge is 0.335 e. The lowest BCUT2D eigenvalue weighted by atomic mass is 9.71. The van der Waals surface area contributed by atoms with Crippen molar-refractivity contribution >= 4 is 5.97 Å². The summed E-state index contributed by atoms with van der Waals surface area (Å²) in [5, 5.41) is 8.66. The van der Waals surface area contributed by atoms with Crippen LogP contribution in [0.25, 0.3) is 0 Å². The van der Waals surface area contributed by atoms with Gasteiger partial charge in [0.25, 0.3) is 0 Å². The summed E-state index contributed by atoms with van der Waals surface area (Å²) in [6, 6.07) is 5.30. The lowest BCUT2D eigenvalue weighted by Crippen LogP contribution is -2.28. The van der Waals surface area contributed by atoms with E-state index in [0.717, 1.165) is 34.8 Å². The first-order chi connectivity index (χ1) is 10.9. The molecular formula is C21H30O2. The summed E-state index contributed by atoms with van der Waals surface area (Å²) in [6.07, 6.45) is 6.28. The Hall–Kier alpha value is -1.31. The molecule has 0 saturated heterocycles. The molecule has 0 amide bonds. The molecule has 23 heavy (non-hydrogen) atoms. The van der Waals surface area contributed by atoms with Crippen LogP contribution in [0.5, 0.6) is 0 Å². The average Bonchev–Trinajstić information content (AvgIpc) is 3.13. The summed E-state index contributed by atoms with van der Waals surface area (Å²) in [4.78, 5) is 10.5. The van der Waals surface area contributed by atoms with E-state index in [4.69, 9.17) is 5.11 Å². The number of carboxylic acid groups (broad SMARTS) is 1. The normalized spacial score (nSPS) is 37.2. The highest BCUT2D eigenvalue weighted by Gasteiger charge is 2.55. The van der Waals surface area contributed by atoms with Gasteiger partial charge in [0.15, 0.2) is 0 Å². The van der Waals surface area contributed by atoms with E-state index in [1.54, 1.807) is 44.7 Å². The zero-order valence-corrected chi connectivity index (χ0v) is 14.9. The first-order valence-electron chi connectivity index (χ1n) is 9.20. The molecule has 3 aliphatic carbocycles. The van der Waals surface area contributed by atoms with Crippen LogP contribution < -0.4 is 0 Å². The maximum Gasteiger partial charge on any atom is 0.335 e. The molecule has 0 heterocycles. The molecule has 3 aliphatic rings. The third-order valence-corrected chi connectivity index (χ3v) is 7.06. The Balaban J connectivity index is 0.000000137. The minimum absolute atomic E-state index is 0.385. The molecule has 0 aliphatic heterocycles. The predicted octanol–water partition coefficient (Wildman–Crippen LogP) is 5.33. The molecule has 0 aromatic heterocycles. The predicted molar refractivity (Wildman–Crippen MR) is 93.6 cm³/mol. The van der Waals surface area contributed by atoms with Crippen molar-refractivity contribution < 1.29 is 9.90 Å². The Bertz CT molecular complexity index is 572. The van der Waals surface area contributed by atoms with Crippen LogP contribution in [0.2, 0.25) is 0 Å². The lowest BCUT2D eigenvalue weighted by Gasteiger charge is -2.34. The molecule has 0 spiro atoms. The van der Waals surface area contributed by atoms with Gasteiger partial charge in [-0.1, -0.05) is 38.0 Å². The first-order valence-corrected chi connectivity index (χ1v) is 9.20. The number of aryl methyl sites for hydroxylation is 2. The van der Waals surface area contributed by atoms with Crippen LogP contribution in [0, 0.1) is 49.4 Å². The van der Waals surface area contributed by atoms with Crippen LogP contribution in [0.3, 0.4) is 0 Å². The molecule has 126 valence electrons. The highest BCUT2D eigenvalue weighted by Crippen LogP contribution is 2.62. The van der Waals surface area contributed by atoms with Crippen LogP contribution in [0.1, 0.15) is 61.0 Å². The lowest BCUT2D eigenvalue weighted by molar-refractivity contribution is 0.0696. The molecule has 0 radical (unpaired) electrons. The first kappa shape index (κ1) is 16.5. The molecule has 1 aromatic carbocycles. The number of hydrogen-bond donors (Lipinski definition) is 1. The van der Waals surface area contributed by atoms with Gasteiger partial charge in [-0.25, -0.2) is 4.79 Å². The highest BCUT2D eigenvalue weighted by molar-refractivity contribution is 5.89. The molecule has 1 aromatic rings. The molecule has 3 saturated carbocycles. The number of benzene rings is 1. The van der Waals surface area contributed by atoms with Gasteiger partial charge in [0.2, 0.25) is 0 Å². The number of fused-ring (bicyclic) bond motifs is 5. The molecule has 2 nitrogen and oxygen atoms in total. The van der Waals surface area contributed by atoms with E-state index < -0.39 is 5.97 Å². The third-order valence-electron chi connectivity index (χ3n) is 7.06. The van der Waals surface area contributed by atoms with Crippen LogP contribution in [0.15, 0.2) is 18.2 Å². The van der Waals surface area contributed by atoms with E-state index in [1.807, 2.05) is 13.0 Å². The monoisotopic (exact) mass is 314 g/mol. The van der Waals surface area contributed by atoms with Crippen molar-refractivity contribution in [3.05, 3.63) is 34.9 Å². The van der Waals surface area contributed by atoms with Crippen LogP contribution in [-0.2, 0) is 0 Å². The Labute approximate surface area is 140 Å². The fourth-order valence-corrected chi connectivity index (χ4v) is 5.79. The molecule has 3 fully saturated rings. The molecule has 2 heteroatoms. The summed E-state index contributed by atoms with van der Waals surface area (Å²) >= 11 is 0. The van der Waals surface area contributed by atoms with E-state index >= 15 is 0 Å². The molecule has 6 atom stereocenters. The Kier molecular flexibility index (Phi) is 4.53. The second-order valence-corrected chi connectivity index (χ2v) is 8.16. The standard InChI is InChI=1S/C12H20.C9H10O2/c1-7-8(2)12-6-11(7)9-4-3-5-10(9)12;1-6-3-4-8(9(10)11)7(2)5-6/h7-12H,3-6H2,1-2H3;3-5H,1-2H3,(H,10,11). The quantitative estimate of drug-likeness (QED) is 0.761. The highest BCUT2D eigenvalue weighted by atomic mass is 16.4. The maximum atomic E-state index is 10.5. The van der Waals surface area contributed by atoms with E-state index in [2.05, 4.69) is 13.8 Å². The third kappa shape index (κ3) is 2.93. The summed E-state index contributed by atoms with van der Waals surface area (Å²) < 4.78 is 0. The summed E-state index contributed by atoms with van der Waals surface area (Å²) in [6.45, 7) is 8.75. The van der Waals surface area contributed by atoms with Crippen molar-refractivity contribution in [2.45, 2.75) is 53.4 Å². The summed E-state index contributed by atoms with van der Waals surface area (Å²) in [5.41, 5.74) is 2.29. The second kappa shape index (κ2) is 6.30. The van der Waals surface area contributed by atoms with Crippen LogP contribution in [-0.4, -0.2) is 11.1 Å². The Morgan fingerprint density at radius 1 is 1.00 bits per heavy atom. The van der Waals surface area contributed by atoms with Gasteiger partial charge >= 0.3 is 5.97 Å². The number of rotatable bonds is 1. The molecule has 4 rings (SSSR count). The van der Waals surface area contributed by atoms with Gasteiger partial charge in [0, 0.05) is 0 Å². The SMILES string of the molecule is CC1C(C)C2CC1C1CCCC21.Cc1ccc(C(=O)O)c(C)c1. The van der Waals surface area contributed by atoms with E-state index in [1.165, 1.54) is 11.8 Å². The van der Waals surface area contributed by atoms with E-state index in [-0.39, 0.29) is 0 Å². The van der Waals surface area contributed by atoms with E-state index in [9.17, 15) is 4.79 Å². The topological polar surface area (TPSA) is 37.3 Å². The van der Waals surface area contributed by atoms with Crippen molar-refractivity contribution in [2.24, 2.45) is 35.5 Å². The van der Waals surface area contributed by atoms with Gasteiger partial charge in [-0.05, 0) is 80.2 Å². The zero-order chi connectivity index (χ0) is 16.7. The van der Waals surface area contributed by atoms with E-state index in [0.29, 0.717) is 5.56 Å². The number of hydrogen-bond acceptors (Lipinski definition) is 1. The molecule has 6 unspecified atom stereocenters. The zero-order valence-electron chi connectivity index (χ0n) is 14.9. The van der Waals surface area contributed by atoms with Crippen molar-refractivity contribution in [3.63, 3.8) is 0 Å². The van der Waals surface area contributed by atoms with Gasteiger partial charge in [0.05, 0.1) is 5.56 Å². The number of aromatic carboxylic acids is 1.